The number of halogens is 3. The van der Waals surface area contributed by atoms with Crippen LogP contribution < -0.4 is 0 Å². The number of alkyl halides is 3. The minimum atomic E-state index is -4.71. The van der Waals surface area contributed by atoms with Gasteiger partial charge in [0, 0.05) is 30.5 Å². The largest absolute Gasteiger partial charge is 0.418 e. The summed E-state index contributed by atoms with van der Waals surface area (Å²) in [6.45, 7) is 23.1. The molecule has 2 rings (SSSR count). The van der Waals surface area contributed by atoms with Gasteiger partial charge in [0.2, 0.25) is 0 Å². The molecule has 1 aromatic rings. The fourth-order valence-corrected chi connectivity index (χ4v) is 4.23. The number of amidine groups is 1. The van der Waals surface area contributed by atoms with E-state index in [4.69, 9.17) is 0 Å². The number of nitro groups is 1. The molecule has 1 aliphatic heterocycles. The van der Waals surface area contributed by atoms with E-state index >= 15 is 0 Å². The molecule has 0 saturated carbocycles. The Balaban J connectivity index is -0.00000116. The van der Waals surface area contributed by atoms with E-state index in [-0.39, 0.29) is 11.7 Å². The molecule has 0 spiro atoms. The van der Waals surface area contributed by atoms with Gasteiger partial charge >= 0.3 is 6.18 Å². The van der Waals surface area contributed by atoms with Crippen molar-refractivity contribution in [1.82, 2.24) is 4.90 Å². The SMILES string of the molecule is CC.CC.CC.CC.CCCCN1C(=Nc2ccc([N+](=O)[O-])cc2C(F)(F)F)SCC1CC(C)C. The first-order chi connectivity index (χ1) is 16.6. The first-order valence-electron chi connectivity index (χ1n) is 13.0. The maximum absolute atomic E-state index is 13.4. The number of hydrogen-bond acceptors (Lipinski definition) is 4. The van der Waals surface area contributed by atoms with E-state index in [0.717, 1.165) is 43.7 Å². The first-order valence-corrected chi connectivity index (χ1v) is 14.0. The molecule has 1 fully saturated rings. The summed E-state index contributed by atoms with van der Waals surface area (Å²) in [7, 11) is 0. The van der Waals surface area contributed by atoms with Crippen molar-refractivity contribution in [2.75, 3.05) is 12.3 Å². The minimum absolute atomic E-state index is 0.243. The average molecular weight is 524 g/mol. The van der Waals surface area contributed by atoms with E-state index in [1.54, 1.807) is 0 Å². The second-order valence-electron chi connectivity index (χ2n) is 6.99. The quantitative estimate of drug-likeness (QED) is 0.263. The topological polar surface area (TPSA) is 58.7 Å². The van der Waals surface area contributed by atoms with Crippen molar-refractivity contribution >= 4 is 28.3 Å². The first kappa shape index (κ1) is 37.8. The molecule has 1 atom stereocenters. The van der Waals surface area contributed by atoms with Crippen molar-refractivity contribution in [3.8, 4) is 0 Å². The molecule has 0 amide bonds. The van der Waals surface area contributed by atoms with Crippen molar-refractivity contribution < 1.29 is 18.1 Å². The van der Waals surface area contributed by atoms with Crippen LogP contribution in [0.2, 0.25) is 0 Å². The molecule has 1 unspecified atom stereocenters. The predicted octanol–water partition coefficient (Wildman–Crippen LogP) is 9.97. The Morgan fingerprint density at radius 2 is 1.66 bits per heavy atom. The van der Waals surface area contributed by atoms with Crippen LogP contribution in [0.25, 0.3) is 0 Å². The lowest BCUT2D eigenvalue weighted by molar-refractivity contribution is -0.385. The summed E-state index contributed by atoms with van der Waals surface area (Å²) in [5, 5.41) is 11.4. The van der Waals surface area contributed by atoms with Crippen LogP contribution in [0.3, 0.4) is 0 Å². The number of benzene rings is 1. The number of thioether (sulfide) groups is 1. The normalized spacial score (nSPS) is 15.6. The van der Waals surface area contributed by atoms with Crippen molar-refractivity contribution in [2.45, 2.75) is 108 Å². The highest BCUT2D eigenvalue weighted by Crippen LogP contribution is 2.40. The van der Waals surface area contributed by atoms with E-state index in [1.165, 1.54) is 11.8 Å². The van der Waals surface area contributed by atoms with Crippen molar-refractivity contribution in [2.24, 2.45) is 10.9 Å². The predicted molar refractivity (Wildman–Crippen MR) is 148 cm³/mol. The Kier molecular flexibility index (Phi) is 23.2. The van der Waals surface area contributed by atoms with Gasteiger partial charge in [-0.05, 0) is 24.8 Å². The molecule has 0 aromatic heterocycles. The highest BCUT2D eigenvalue weighted by molar-refractivity contribution is 8.14. The van der Waals surface area contributed by atoms with Crippen LogP contribution in [0, 0.1) is 16.0 Å². The average Bonchev–Trinajstić information content (AvgIpc) is 3.22. The van der Waals surface area contributed by atoms with Gasteiger partial charge in [-0.15, -0.1) is 0 Å². The molecule has 206 valence electrons. The maximum atomic E-state index is 13.4. The highest BCUT2D eigenvalue weighted by Gasteiger charge is 2.36. The Labute approximate surface area is 216 Å². The minimum Gasteiger partial charge on any atom is -0.347 e. The van der Waals surface area contributed by atoms with Gasteiger partial charge in [0.1, 0.15) is 0 Å². The van der Waals surface area contributed by atoms with Gasteiger partial charge in [0.05, 0.1) is 16.2 Å². The van der Waals surface area contributed by atoms with Crippen LogP contribution in [0.4, 0.5) is 24.5 Å². The molecule has 35 heavy (non-hydrogen) atoms. The Bertz CT molecular complexity index is 712. The van der Waals surface area contributed by atoms with Gasteiger partial charge in [-0.3, -0.25) is 10.1 Å². The standard InChI is InChI=1S/C18H24F3N3O2S.4C2H6/c1-4-5-8-23-14(9-12(2)3)11-27-17(23)22-16-7-6-13(24(25)26)10-15(16)18(19,20)21;4*1-2/h6-7,10,12,14H,4-5,8-9,11H2,1-3H3;4*1-2H3. The molecular weight excluding hydrogens is 475 g/mol. The summed E-state index contributed by atoms with van der Waals surface area (Å²) in [4.78, 5) is 16.4. The fraction of sp³-hybridized carbons (Fsp3) is 0.731. The lowest BCUT2D eigenvalue weighted by Crippen LogP contribution is -2.35. The Hall–Kier alpha value is -1.77. The van der Waals surface area contributed by atoms with E-state index in [1.807, 2.05) is 55.4 Å². The number of nitro benzene ring substituents is 1. The van der Waals surface area contributed by atoms with Gasteiger partial charge in [-0.1, -0.05) is 94.3 Å². The van der Waals surface area contributed by atoms with Gasteiger partial charge in [-0.2, -0.15) is 13.2 Å². The third-order valence-electron chi connectivity index (χ3n) is 4.30. The summed E-state index contributed by atoms with van der Waals surface area (Å²) in [6.07, 6.45) is -1.85. The van der Waals surface area contributed by atoms with Gasteiger partial charge in [0.25, 0.3) is 5.69 Å². The third-order valence-corrected chi connectivity index (χ3v) is 5.44. The highest BCUT2D eigenvalue weighted by atomic mass is 32.2. The zero-order chi connectivity index (χ0) is 28.2. The number of non-ortho nitro benzene ring substituents is 1. The van der Waals surface area contributed by atoms with Gasteiger partial charge in [-0.25, -0.2) is 4.99 Å². The molecule has 1 aromatic carbocycles. The molecule has 9 heteroatoms. The molecule has 1 aliphatic rings. The van der Waals surface area contributed by atoms with Crippen molar-refractivity contribution in [1.29, 1.82) is 0 Å². The van der Waals surface area contributed by atoms with Crippen LogP contribution in [0.15, 0.2) is 23.2 Å². The summed E-state index contributed by atoms with van der Waals surface area (Å²) in [5.74, 6) is 1.26. The summed E-state index contributed by atoms with van der Waals surface area (Å²) in [6, 6.07) is 2.95. The van der Waals surface area contributed by atoms with Crippen LogP contribution in [0.1, 0.15) is 101 Å². The zero-order valence-electron chi connectivity index (χ0n) is 23.6. The molecule has 0 radical (unpaired) electrons. The molecule has 0 N–H and O–H groups in total. The van der Waals surface area contributed by atoms with Crippen LogP contribution in [-0.2, 0) is 6.18 Å². The Morgan fingerprint density at radius 3 is 2.09 bits per heavy atom. The van der Waals surface area contributed by atoms with Crippen LogP contribution in [0.5, 0.6) is 0 Å². The van der Waals surface area contributed by atoms with E-state index in [9.17, 15) is 23.3 Å². The summed E-state index contributed by atoms with van der Waals surface area (Å²) >= 11 is 1.45. The lowest BCUT2D eigenvalue weighted by Gasteiger charge is -2.27. The van der Waals surface area contributed by atoms with Gasteiger partial charge in [0.15, 0.2) is 5.17 Å². The molecule has 0 aliphatic carbocycles. The maximum Gasteiger partial charge on any atom is 0.418 e. The van der Waals surface area contributed by atoms with E-state index < -0.39 is 22.4 Å². The van der Waals surface area contributed by atoms with E-state index in [2.05, 4.69) is 30.7 Å². The van der Waals surface area contributed by atoms with Crippen LogP contribution >= 0.6 is 11.8 Å². The zero-order valence-corrected chi connectivity index (χ0v) is 24.4. The molecule has 5 nitrogen and oxygen atoms in total. The monoisotopic (exact) mass is 523 g/mol. The smallest absolute Gasteiger partial charge is 0.347 e. The molecule has 1 saturated heterocycles. The second-order valence-corrected chi connectivity index (χ2v) is 7.98. The van der Waals surface area contributed by atoms with Crippen LogP contribution in [-0.4, -0.2) is 33.3 Å². The number of nitrogens with zero attached hydrogens (tertiary/aromatic N) is 3. The fourth-order valence-electron chi connectivity index (χ4n) is 3.01. The molecule has 0 bridgehead atoms. The molecular formula is C26H48F3N3O2S. The summed E-state index contributed by atoms with van der Waals surface area (Å²) < 4.78 is 40.2. The number of rotatable bonds is 7. The number of unbranched alkanes of at least 4 members (excludes halogenated alkanes) is 1. The lowest BCUT2D eigenvalue weighted by atomic mass is 10.0. The van der Waals surface area contributed by atoms with E-state index in [0.29, 0.717) is 17.2 Å². The number of hydrogen-bond donors (Lipinski definition) is 0. The number of aliphatic imine (C=N–C) groups is 1. The Morgan fingerprint density at radius 1 is 1.11 bits per heavy atom. The molecule has 1 heterocycles. The summed E-state index contributed by atoms with van der Waals surface area (Å²) in [5.41, 5.74) is -1.94. The third kappa shape index (κ3) is 13.8. The van der Waals surface area contributed by atoms with Crippen molar-refractivity contribution in [3.05, 3.63) is 33.9 Å². The van der Waals surface area contributed by atoms with Gasteiger partial charge < -0.3 is 4.90 Å². The second kappa shape index (κ2) is 21.5. The van der Waals surface area contributed by atoms with Crippen molar-refractivity contribution in [3.63, 3.8) is 0 Å².